The van der Waals surface area contributed by atoms with Gasteiger partial charge in [0.15, 0.2) is 0 Å². The average Bonchev–Trinajstić information content (AvgIpc) is 3.82. The van der Waals surface area contributed by atoms with E-state index in [1.54, 1.807) is 12.7 Å². The van der Waals surface area contributed by atoms with Crippen LogP contribution in [0.5, 0.6) is 5.75 Å². The van der Waals surface area contributed by atoms with Gasteiger partial charge < -0.3 is 4.74 Å². The van der Waals surface area contributed by atoms with Crippen molar-refractivity contribution in [1.29, 1.82) is 0 Å². The van der Waals surface area contributed by atoms with Crippen LogP contribution < -0.4 is 4.74 Å². The van der Waals surface area contributed by atoms with Gasteiger partial charge in [-0.25, -0.2) is 0 Å². The molecule has 36 heavy (non-hydrogen) atoms. The second kappa shape index (κ2) is 9.28. The van der Waals surface area contributed by atoms with Crippen molar-refractivity contribution in [2.24, 2.45) is 5.41 Å². The Kier molecular flexibility index (Phi) is 6.09. The summed E-state index contributed by atoms with van der Waals surface area (Å²) in [4.78, 5) is 14.6. The van der Waals surface area contributed by atoms with E-state index in [4.69, 9.17) is 14.7 Å². The highest BCUT2D eigenvalue weighted by Gasteiger charge is 2.52. The summed E-state index contributed by atoms with van der Waals surface area (Å²) < 4.78 is 5.86. The molecule has 0 aromatic carbocycles. The standard InChI is InChI=1S/C32H39N3O/c1-20(2)28-31(36-4)25(11-17-34-28)18-21(3)29-27(22-7-8-22)24(10-16-35-29)19-26-30-23(6-5-15-33-30)9-12-32(26)13-14-32/h5-6,10-11,15-17,20-22,26H,7-9,12-14,18-19H2,1-4H3/t21-,26?/m1/s1. The minimum absolute atomic E-state index is 0.323. The molecule has 3 heterocycles. The predicted octanol–water partition coefficient (Wildman–Crippen LogP) is 7.28. The molecule has 1 unspecified atom stereocenters. The van der Waals surface area contributed by atoms with E-state index in [0.717, 1.165) is 24.3 Å². The minimum atomic E-state index is 0.323. The largest absolute Gasteiger partial charge is 0.495 e. The Morgan fingerprint density at radius 3 is 2.36 bits per heavy atom. The van der Waals surface area contributed by atoms with Crippen molar-refractivity contribution in [1.82, 2.24) is 15.0 Å². The molecule has 188 valence electrons. The Bertz CT molecular complexity index is 1260. The third-order valence-electron chi connectivity index (χ3n) is 9.06. The summed E-state index contributed by atoms with van der Waals surface area (Å²) in [6, 6.07) is 8.87. The lowest BCUT2D eigenvalue weighted by atomic mass is 9.71. The number of aryl methyl sites for hydroxylation is 1. The zero-order valence-electron chi connectivity index (χ0n) is 22.3. The van der Waals surface area contributed by atoms with Crippen LogP contribution in [0.2, 0.25) is 0 Å². The van der Waals surface area contributed by atoms with Gasteiger partial charge in [0, 0.05) is 41.8 Å². The van der Waals surface area contributed by atoms with Crippen LogP contribution in [0.25, 0.3) is 0 Å². The van der Waals surface area contributed by atoms with Crippen molar-refractivity contribution in [3.63, 3.8) is 0 Å². The number of aromatic nitrogens is 3. The maximum atomic E-state index is 5.86. The number of hydrogen-bond donors (Lipinski definition) is 0. The van der Waals surface area contributed by atoms with Gasteiger partial charge in [-0.15, -0.1) is 0 Å². The fourth-order valence-corrected chi connectivity index (χ4v) is 6.80. The van der Waals surface area contributed by atoms with Gasteiger partial charge in [-0.1, -0.05) is 26.8 Å². The number of hydrogen-bond acceptors (Lipinski definition) is 4. The molecule has 3 aliphatic rings. The van der Waals surface area contributed by atoms with Crippen molar-refractivity contribution < 1.29 is 4.74 Å². The molecule has 4 nitrogen and oxygen atoms in total. The van der Waals surface area contributed by atoms with Gasteiger partial charge in [0.1, 0.15) is 5.75 Å². The first kappa shape index (κ1) is 23.6. The molecular formula is C32H39N3O. The average molecular weight is 482 g/mol. The molecule has 0 aliphatic heterocycles. The van der Waals surface area contributed by atoms with Gasteiger partial charge in [0.2, 0.25) is 0 Å². The van der Waals surface area contributed by atoms with Gasteiger partial charge in [-0.3, -0.25) is 15.0 Å². The first-order valence-corrected chi connectivity index (χ1v) is 13.9. The van der Waals surface area contributed by atoms with E-state index in [2.05, 4.69) is 56.2 Å². The molecule has 0 radical (unpaired) electrons. The molecule has 3 aromatic heterocycles. The second-order valence-electron chi connectivity index (χ2n) is 11.9. The summed E-state index contributed by atoms with van der Waals surface area (Å²) >= 11 is 0. The van der Waals surface area contributed by atoms with Crippen molar-refractivity contribution in [3.8, 4) is 5.75 Å². The third-order valence-corrected chi connectivity index (χ3v) is 9.06. The Hall–Kier alpha value is -2.75. The summed E-state index contributed by atoms with van der Waals surface area (Å²) in [6.07, 6.45) is 15.9. The van der Waals surface area contributed by atoms with E-state index in [-0.39, 0.29) is 0 Å². The Balaban J connectivity index is 1.34. The lowest BCUT2D eigenvalue weighted by Crippen LogP contribution is -2.25. The molecule has 2 saturated carbocycles. The Morgan fingerprint density at radius 2 is 1.67 bits per heavy atom. The zero-order valence-corrected chi connectivity index (χ0v) is 22.3. The first-order valence-electron chi connectivity index (χ1n) is 13.9. The molecule has 3 aromatic rings. The smallest absolute Gasteiger partial charge is 0.143 e. The molecule has 2 atom stereocenters. The number of rotatable bonds is 8. The summed E-state index contributed by atoms with van der Waals surface area (Å²) in [6.45, 7) is 6.70. The van der Waals surface area contributed by atoms with E-state index < -0.39 is 0 Å². The number of methoxy groups -OCH3 is 1. The Morgan fingerprint density at radius 1 is 0.917 bits per heavy atom. The SMILES string of the molecule is COc1c(C[C@@H](C)c2nccc(CC3c4ncccc4CCC34CC4)c2C2CC2)ccnc1C(C)C. The van der Waals surface area contributed by atoms with Crippen LogP contribution in [0.1, 0.15) is 116 Å². The van der Waals surface area contributed by atoms with E-state index in [0.29, 0.717) is 29.1 Å². The topological polar surface area (TPSA) is 47.9 Å². The van der Waals surface area contributed by atoms with Gasteiger partial charge >= 0.3 is 0 Å². The van der Waals surface area contributed by atoms with E-state index in [1.807, 2.05) is 12.4 Å². The van der Waals surface area contributed by atoms with Crippen molar-refractivity contribution in [2.75, 3.05) is 7.11 Å². The molecule has 0 bridgehead atoms. The normalized spacial score (nSPS) is 20.9. The predicted molar refractivity (Wildman–Crippen MR) is 144 cm³/mol. The maximum absolute atomic E-state index is 5.86. The van der Waals surface area contributed by atoms with E-state index >= 15 is 0 Å². The van der Waals surface area contributed by atoms with Crippen LogP contribution in [-0.4, -0.2) is 22.1 Å². The first-order chi connectivity index (χ1) is 17.5. The summed E-state index contributed by atoms with van der Waals surface area (Å²) in [7, 11) is 1.77. The number of pyridine rings is 3. The van der Waals surface area contributed by atoms with Crippen LogP contribution in [0.15, 0.2) is 42.9 Å². The maximum Gasteiger partial charge on any atom is 0.143 e. The molecule has 1 spiro atoms. The molecule has 4 heteroatoms. The minimum Gasteiger partial charge on any atom is -0.495 e. The Labute approximate surface area is 216 Å². The highest BCUT2D eigenvalue weighted by atomic mass is 16.5. The molecule has 2 fully saturated rings. The molecule has 3 aliphatic carbocycles. The molecule has 0 saturated heterocycles. The van der Waals surface area contributed by atoms with Gasteiger partial charge in [-0.2, -0.15) is 0 Å². The van der Waals surface area contributed by atoms with Crippen LogP contribution in [0, 0.1) is 5.41 Å². The lowest BCUT2D eigenvalue weighted by Gasteiger charge is -2.34. The molecule has 6 rings (SSSR count). The number of nitrogens with zero attached hydrogens (tertiary/aromatic N) is 3. The monoisotopic (exact) mass is 481 g/mol. The fourth-order valence-electron chi connectivity index (χ4n) is 6.80. The van der Waals surface area contributed by atoms with Crippen LogP contribution in [0.4, 0.5) is 0 Å². The number of ether oxygens (including phenoxy) is 1. The van der Waals surface area contributed by atoms with Crippen LogP contribution >= 0.6 is 0 Å². The van der Waals surface area contributed by atoms with Gasteiger partial charge in [0.25, 0.3) is 0 Å². The molecular weight excluding hydrogens is 442 g/mol. The van der Waals surface area contributed by atoms with E-state index in [9.17, 15) is 0 Å². The lowest BCUT2D eigenvalue weighted by molar-refractivity contribution is 0.336. The second-order valence-corrected chi connectivity index (χ2v) is 11.9. The van der Waals surface area contributed by atoms with Gasteiger partial charge in [-0.05, 0) is 109 Å². The summed E-state index contributed by atoms with van der Waals surface area (Å²) in [5, 5.41) is 0. The number of fused-ring (bicyclic) bond motifs is 1. The quantitative estimate of drug-likeness (QED) is 0.339. The van der Waals surface area contributed by atoms with E-state index in [1.165, 1.54) is 66.6 Å². The van der Waals surface area contributed by atoms with Crippen molar-refractivity contribution in [3.05, 3.63) is 82.2 Å². The third kappa shape index (κ3) is 4.23. The summed E-state index contributed by atoms with van der Waals surface area (Å²) in [5.74, 6) is 2.81. The molecule has 0 amide bonds. The van der Waals surface area contributed by atoms with Crippen LogP contribution in [0.3, 0.4) is 0 Å². The highest BCUT2D eigenvalue weighted by molar-refractivity contribution is 5.44. The van der Waals surface area contributed by atoms with Crippen LogP contribution in [-0.2, 0) is 19.3 Å². The van der Waals surface area contributed by atoms with Gasteiger partial charge in [0.05, 0.1) is 12.8 Å². The van der Waals surface area contributed by atoms with Crippen molar-refractivity contribution in [2.45, 2.75) is 95.8 Å². The molecule has 0 N–H and O–H groups in total. The fraction of sp³-hybridized carbons (Fsp3) is 0.531. The zero-order chi connectivity index (χ0) is 24.9. The summed E-state index contributed by atoms with van der Waals surface area (Å²) in [5.41, 5.74) is 9.97. The highest BCUT2D eigenvalue weighted by Crippen LogP contribution is 2.62. The van der Waals surface area contributed by atoms with Crippen molar-refractivity contribution >= 4 is 0 Å².